The zero-order valence-corrected chi connectivity index (χ0v) is 16.5. The van der Waals surface area contributed by atoms with Gasteiger partial charge < -0.3 is 4.98 Å². The highest BCUT2D eigenvalue weighted by Gasteiger charge is 2.19. The molecule has 0 radical (unpaired) electrons. The van der Waals surface area contributed by atoms with Crippen molar-refractivity contribution in [2.24, 2.45) is 0 Å². The van der Waals surface area contributed by atoms with Gasteiger partial charge in [-0.1, -0.05) is 48.5 Å². The molecule has 0 spiro atoms. The van der Waals surface area contributed by atoms with Crippen LogP contribution in [-0.4, -0.2) is 28.6 Å². The molecule has 0 amide bonds. The fraction of sp³-hybridized carbons (Fsp3) is 0.0952. The highest BCUT2D eigenvalue weighted by Crippen LogP contribution is 2.24. The minimum atomic E-state index is -3.70. The maximum atomic E-state index is 12.9. The number of aryl methyl sites for hydroxylation is 1. The largest absolute Gasteiger partial charge is 0.321 e. The predicted molar refractivity (Wildman–Crippen MR) is 110 cm³/mol. The first-order valence-electron chi connectivity index (χ1n) is 9.01. The van der Waals surface area contributed by atoms with Crippen molar-refractivity contribution in [1.29, 1.82) is 0 Å². The molecular weight excluding hydrogens is 386 g/mol. The number of pyridine rings is 1. The number of aromatic nitrogens is 4. The van der Waals surface area contributed by atoms with Crippen molar-refractivity contribution in [2.45, 2.75) is 18.4 Å². The van der Waals surface area contributed by atoms with E-state index in [1.54, 1.807) is 37.5 Å². The first-order chi connectivity index (χ1) is 14.0. The molecule has 0 saturated heterocycles. The van der Waals surface area contributed by atoms with E-state index in [1.165, 1.54) is 0 Å². The summed E-state index contributed by atoms with van der Waals surface area (Å²) in [5.74, 6) is 1.13. The molecule has 0 saturated carbocycles. The van der Waals surface area contributed by atoms with Crippen LogP contribution >= 0.6 is 0 Å². The zero-order chi connectivity index (χ0) is 20.3. The maximum Gasteiger partial charge on any atom is 0.241 e. The van der Waals surface area contributed by atoms with Crippen LogP contribution in [0.5, 0.6) is 0 Å². The van der Waals surface area contributed by atoms with Crippen LogP contribution in [0, 0.1) is 6.92 Å². The van der Waals surface area contributed by atoms with E-state index in [4.69, 9.17) is 0 Å². The lowest BCUT2D eigenvalue weighted by molar-refractivity contribution is 0.580. The highest BCUT2D eigenvalue weighted by molar-refractivity contribution is 7.89. The first kappa shape index (κ1) is 19.0. The summed E-state index contributed by atoms with van der Waals surface area (Å²) in [6.45, 7) is 1.93. The van der Waals surface area contributed by atoms with Gasteiger partial charge in [-0.25, -0.2) is 13.1 Å². The Morgan fingerprint density at radius 2 is 1.69 bits per heavy atom. The minimum absolute atomic E-state index is 0.167. The van der Waals surface area contributed by atoms with Crippen molar-refractivity contribution in [3.63, 3.8) is 0 Å². The van der Waals surface area contributed by atoms with Gasteiger partial charge in [-0.15, -0.1) is 10.2 Å². The van der Waals surface area contributed by atoms with Gasteiger partial charge in [0.25, 0.3) is 0 Å². The molecule has 0 atom stereocenters. The molecule has 0 aliphatic rings. The molecule has 8 heteroatoms. The Labute approximate surface area is 168 Å². The summed E-state index contributed by atoms with van der Waals surface area (Å²) < 4.78 is 28.3. The summed E-state index contributed by atoms with van der Waals surface area (Å²) in [5.41, 5.74) is 2.99. The van der Waals surface area contributed by atoms with E-state index in [0.717, 1.165) is 11.1 Å². The van der Waals surface area contributed by atoms with Gasteiger partial charge in [-0.3, -0.25) is 4.98 Å². The molecule has 4 rings (SSSR count). The number of nitrogens with zero attached hydrogens (tertiary/aromatic N) is 3. The SMILES string of the molecule is Cc1ccc(-c2nnc(-c3ccccc3)[nH]2)cc1S(=O)(=O)NCc1cccnc1. The zero-order valence-electron chi connectivity index (χ0n) is 15.7. The average molecular weight is 405 g/mol. The van der Waals surface area contributed by atoms with Gasteiger partial charge in [0.15, 0.2) is 11.6 Å². The van der Waals surface area contributed by atoms with E-state index < -0.39 is 10.0 Å². The van der Waals surface area contributed by atoms with Crippen LogP contribution in [0.3, 0.4) is 0 Å². The fourth-order valence-corrected chi connectivity index (χ4v) is 4.20. The third kappa shape index (κ3) is 4.23. The van der Waals surface area contributed by atoms with Gasteiger partial charge >= 0.3 is 0 Å². The number of rotatable bonds is 6. The number of hydrogen-bond donors (Lipinski definition) is 2. The highest BCUT2D eigenvalue weighted by atomic mass is 32.2. The molecular formula is C21H19N5O2S. The van der Waals surface area contributed by atoms with Gasteiger partial charge in [0.1, 0.15) is 0 Å². The van der Waals surface area contributed by atoms with E-state index in [-0.39, 0.29) is 11.4 Å². The molecule has 0 aliphatic carbocycles. The molecule has 2 aromatic heterocycles. The normalized spacial score (nSPS) is 11.5. The van der Waals surface area contributed by atoms with E-state index in [1.807, 2.05) is 42.5 Å². The quantitative estimate of drug-likeness (QED) is 0.512. The monoisotopic (exact) mass is 405 g/mol. The number of nitrogens with one attached hydrogen (secondary N) is 2. The third-order valence-electron chi connectivity index (χ3n) is 4.47. The summed E-state index contributed by atoms with van der Waals surface area (Å²) in [6, 6.07) is 18.4. The van der Waals surface area contributed by atoms with Crippen molar-refractivity contribution in [1.82, 2.24) is 24.9 Å². The maximum absolute atomic E-state index is 12.9. The van der Waals surface area contributed by atoms with Crippen LogP contribution in [0.1, 0.15) is 11.1 Å². The van der Waals surface area contributed by atoms with Crippen LogP contribution in [0.2, 0.25) is 0 Å². The van der Waals surface area contributed by atoms with Gasteiger partial charge in [0, 0.05) is 30.1 Å². The number of hydrogen-bond acceptors (Lipinski definition) is 5. The number of H-pyrrole nitrogens is 1. The standard InChI is InChI=1S/C21H19N5O2S/c1-15-9-10-18(21-24-20(25-26-21)17-7-3-2-4-8-17)12-19(15)29(27,28)23-14-16-6-5-11-22-13-16/h2-13,23H,14H2,1H3,(H,24,25,26). The van der Waals surface area contributed by atoms with Gasteiger partial charge in [-0.2, -0.15) is 0 Å². The summed E-state index contributed by atoms with van der Waals surface area (Å²) in [4.78, 5) is 7.36. The molecule has 0 aliphatic heterocycles. The predicted octanol–water partition coefficient (Wildman–Crippen LogP) is 3.32. The smallest absolute Gasteiger partial charge is 0.241 e. The Hall–Kier alpha value is -3.36. The van der Waals surface area contributed by atoms with Crippen molar-refractivity contribution in [3.05, 3.63) is 84.2 Å². The van der Waals surface area contributed by atoms with Gasteiger partial charge in [0.2, 0.25) is 10.0 Å². The average Bonchev–Trinajstić information content (AvgIpc) is 3.24. The topological polar surface area (TPSA) is 101 Å². The fourth-order valence-electron chi connectivity index (χ4n) is 2.91. The molecule has 2 aromatic carbocycles. The second-order valence-electron chi connectivity index (χ2n) is 6.55. The van der Waals surface area contributed by atoms with Gasteiger partial charge in [-0.05, 0) is 30.2 Å². The Bertz CT molecular complexity index is 1220. The van der Waals surface area contributed by atoms with E-state index in [0.29, 0.717) is 22.8 Å². The van der Waals surface area contributed by atoms with E-state index in [2.05, 4.69) is 24.9 Å². The first-order valence-corrected chi connectivity index (χ1v) is 10.5. The van der Waals surface area contributed by atoms with Crippen molar-refractivity contribution in [2.75, 3.05) is 0 Å². The Kier molecular flexibility index (Phi) is 5.20. The lowest BCUT2D eigenvalue weighted by Crippen LogP contribution is -2.24. The summed E-state index contributed by atoms with van der Waals surface area (Å²) in [6.07, 6.45) is 3.28. The molecule has 2 heterocycles. The second-order valence-corrected chi connectivity index (χ2v) is 8.29. The Morgan fingerprint density at radius 1 is 0.931 bits per heavy atom. The second kappa shape index (κ2) is 7.94. The van der Waals surface area contributed by atoms with Crippen LogP contribution in [-0.2, 0) is 16.6 Å². The molecule has 0 unspecified atom stereocenters. The number of aromatic amines is 1. The molecule has 7 nitrogen and oxygen atoms in total. The summed E-state index contributed by atoms with van der Waals surface area (Å²) >= 11 is 0. The van der Waals surface area contributed by atoms with Crippen LogP contribution in [0.15, 0.2) is 78.0 Å². The van der Waals surface area contributed by atoms with Crippen molar-refractivity contribution >= 4 is 10.0 Å². The van der Waals surface area contributed by atoms with E-state index >= 15 is 0 Å². The number of benzene rings is 2. The molecule has 2 N–H and O–H groups in total. The lowest BCUT2D eigenvalue weighted by Gasteiger charge is -2.10. The van der Waals surface area contributed by atoms with E-state index in [9.17, 15) is 8.42 Å². The van der Waals surface area contributed by atoms with Crippen molar-refractivity contribution in [3.8, 4) is 22.8 Å². The summed E-state index contributed by atoms with van der Waals surface area (Å²) in [7, 11) is -3.70. The molecule has 4 aromatic rings. The Balaban J connectivity index is 1.62. The number of sulfonamides is 1. The minimum Gasteiger partial charge on any atom is -0.321 e. The molecule has 146 valence electrons. The molecule has 29 heavy (non-hydrogen) atoms. The lowest BCUT2D eigenvalue weighted by atomic mass is 10.1. The molecule has 0 fully saturated rings. The molecule has 0 bridgehead atoms. The van der Waals surface area contributed by atoms with Crippen LogP contribution in [0.4, 0.5) is 0 Å². The third-order valence-corrected chi connectivity index (χ3v) is 6.02. The summed E-state index contributed by atoms with van der Waals surface area (Å²) in [5, 5.41) is 8.36. The van der Waals surface area contributed by atoms with Crippen molar-refractivity contribution < 1.29 is 8.42 Å². The Morgan fingerprint density at radius 3 is 2.41 bits per heavy atom. The van der Waals surface area contributed by atoms with Gasteiger partial charge in [0.05, 0.1) is 4.90 Å². The van der Waals surface area contributed by atoms with Crippen LogP contribution in [0.25, 0.3) is 22.8 Å². The van der Waals surface area contributed by atoms with Crippen LogP contribution < -0.4 is 4.72 Å².